The normalized spacial score (nSPS) is 14.2. The van der Waals surface area contributed by atoms with Crippen LogP contribution in [0.5, 0.6) is 0 Å². The number of para-hydroxylation sites is 1. The molecule has 0 radical (unpaired) electrons. The smallest absolute Gasteiger partial charge is 0.104 e. The Balaban J connectivity index is 1.96. The number of benzene rings is 1. The first kappa shape index (κ1) is 10.9. The lowest BCUT2D eigenvalue weighted by atomic mass is 9.98. The van der Waals surface area contributed by atoms with Gasteiger partial charge in [-0.1, -0.05) is 30.3 Å². The van der Waals surface area contributed by atoms with Crippen molar-refractivity contribution in [1.29, 1.82) is 0 Å². The molecule has 2 aromatic heterocycles. The van der Waals surface area contributed by atoms with Crippen molar-refractivity contribution in [3.05, 3.63) is 66.0 Å². The molecule has 0 bridgehead atoms. The number of pyridine rings is 1. The molecule has 19 heavy (non-hydrogen) atoms. The summed E-state index contributed by atoms with van der Waals surface area (Å²) in [6.07, 6.45) is 6.26. The molecule has 0 aliphatic carbocycles. The Bertz CT molecular complexity index is 786. The minimum atomic E-state index is 0.985. The Morgan fingerprint density at radius 3 is 3.00 bits per heavy atom. The Hall–Kier alpha value is -2.00. The number of H-pyrrole nitrogens is 1. The zero-order valence-electron chi connectivity index (χ0n) is 10.3. The molecule has 3 aromatic rings. The molecule has 0 unspecified atom stereocenters. The second kappa shape index (κ2) is 4.28. The average molecular weight is 264 g/mol. The van der Waals surface area contributed by atoms with Gasteiger partial charge in [0.1, 0.15) is 5.03 Å². The van der Waals surface area contributed by atoms with Crippen molar-refractivity contribution in [3.8, 4) is 0 Å². The number of nitrogens with zero attached hydrogens (tertiary/aromatic N) is 1. The van der Waals surface area contributed by atoms with Crippen LogP contribution in [0.25, 0.3) is 16.5 Å². The predicted octanol–water partition coefficient (Wildman–Crippen LogP) is 4.10. The number of thioether (sulfide) groups is 1. The predicted molar refractivity (Wildman–Crippen MR) is 80.3 cm³/mol. The lowest BCUT2D eigenvalue weighted by Crippen LogP contribution is -1.98. The molecule has 1 aromatic carbocycles. The van der Waals surface area contributed by atoms with E-state index in [1.165, 1.54) is 27.6 Å². The number of rotatable bonds is 1. The van der Waals surface area contributed by atoms with E-state index in [4.69, 9.17) is 0 Å². The number of fused-ring (bicyclic) bond motifs is 2. The lowest BCUT2D eigenvalue weighted by Gasteiger charge is -2.15. The highest BCUT2D eigenvalue weighted by Crippen LogP contribution is 2.37. The first-order valence-corrected chi connectivity index (χ1v) is 7.27. The summed E-state index contributed by atoms with van der Waals surface area (Å²) in [5.41, 5.74) is 4.98. The van der Waals surface area contributed by atoms with Gasteiger partial charge in [0.15, 0.2) is 0 Å². The molecule has 1 aliphatic heterocycles. The van der Waals surface area contributed by atoms with Crippen LogP contribution in [0.3, 0.4) is 0 Å². The van der Waals surface area contributed by atoms with Crippen LogP contribution in [0, 0.1) is 0 Å². The van der Waals surface area contributed by atoms with Gasteiger partial charge in [0.25, 0.3) is 0 Å². The topological polar surface area (TPSA) is 28.7 Å². The maximum absolute atomic E-state index is 4.47. The zero-order chi connectivity index (χ0) is 12.7. The molecular weight excluding hydrogens is 252 g/mol. The molecule has 92 valence electrons. The fourth-order valence-corrected chi connectivity index (χ4v) is 3.45. The Kier molecular flexibility index (Phi) is 2.45. The quantitative estimate of drug-likeness (QED) is 0.717. The van der Waals surface area contributed by atoms with Gasteiger partial charge in [0, 0.05) is 40.2 Å². The van der Waals surface area contributed by atoms with Crippen molar-refractivity contribution < 1.29 is 0 Å². The van der Waals surface area contributed by atoms with Crippen LogP contribution in [0.4, 0.5) is 0 Å². The van der Waals surface area contributed by atoms with Gasteiger partial charge in [-0.15, -0.1) is 11.8 Å². The Labute approximate surface area is 115 Å². The average Bonchev–Trinajstić information content (AvgIpc) is 2.90. The van der Waals surface area contributed by atoms with Crippen LogP contribution in [-0.2, 0) is 0 Å². The van der Waals surface area contributed by atoms with E-state index in [1.807, 2.05) is 12.3 Å². The fourth-order valence-electron chi connectivity index (χ4n) is 2.57. The molecule has 4 rings (SSSR count). The van der Waals surface area contributed by atoms with E-state index in [0.717, 1.165) is 10.8 Å². The van der Waals surface area contributed by atoms with Crippen molar-refractivity contribution in [2.75, 3.05) is 5.75 Å². The monoisotopic (exact) mass is 264 g/mol. The zero-order valence-corrected chi connectivity index (χ0v) is 11.1. The molecule has 0 spiro atoms. The standard InChI is InChI=1S/C16H12N2S/c1-2-6-15-12(4-1)14(10-18-15)11-7-9-19-16-13(11)5-3-8-17-16/h1-8,10,18H,9H2. The van der Waals surface area contributed by atoms with Crippen LogP contribution >= 0.6 is 11.8 Å². The van der Waals surface area contributed by atoms with E-state index in [-0.39, 0.29) is 0 Å². The summed E-state index contributed by atoms with van der Waals surface area (Å²) in [4.78, 5) is 7.82. The number of nitrogens with one attached hydrogen (secondary N) is 1. The Morgan fingerprint density at radius 2 is 2.00 bits per heavy atom. The molecule has 0 atom stereocenters. The van der Waals surface area contributed by atoms with Crippen molar-refractivity contribution >= 4 is 28.2 Å². The van der Waals surface area contributed by atoms with E-state index in [1.54, 1.807) is 11.8 Å². The third-order valence-corrected chi connectivity index (χ3v) is 4.38. The largest absolute Gasteiger partial charge is 0.361 e. The summed E-state index contributed by atoms with van der Waals surface area (Å²) in [6, 6.07) is 12.6. The Morgan fingerprint density at radius 1 is 1.05 bits per heavy atom. The molecule has 0 fully saturated rings. The first-order valence-electron chi connectivity index (χ1n) is 6.28. The van der Waals surface area contributed by atoms with Gasteiger partial charge in [0.05, 0.1) is 0 Å². The third-order valence-electron chi connectivity index (χ3n) is 3.45. The highest BCUT2D eigenvalue weighted by Gasteiger charge is 2.17. The molecule has 0 amide bonds. The second-order valence-electron chi connectivity index (χ2n) is 4.53. The van der Waals surface area contributed by atoms with Gasteiger partial charge in [-0.05, 0) is 17.7 Å². The van der Waals surface area contributed by atoms with Gasteiger partial charge in [0.2, 0.25) is 0 Å². The molecule has 2 nitrogen and oxygen atoms in total. The van der Waals surface area contributed by atoms with Crippen molar-refractivity contribution in [2.24, 2.45) is 0 Å². The number of aromatic nitrogens is 2. The van der Waals surface area contributed by atoms with Crippen LogP contribution in [0.2, 0.25) is 0 Å². The van der Waals surface area contributed by atoms with Crippen LogP contribution in [0.1, 0.15) is 11.1 Å². The molecule has 3 heteroatoms. The summed E-state index contributed by atoms with van der Waals surface area (Å²) in [5.74, 6) is 0.985. The molecular formula is C16H12N2S. The lowest BCUT2D eigenvalue weighted by molar-refractivity contribution is 1.11. The molecule has 0 saturated heterocycles. The van der Waals surface area contributed by atoms with Gasteiger partial charge in [-0.2, -0.15) is 0 Å². The summed E-state index contributed by atoms with van der Waals surface area (Å²) >= 11 is 1.80. The van der Waals surface area contributed by atoms with E-state index >= 15 is 0 Å². The summed E-state index contributed by atoms with van der Waals surface area (Å²) in [7, 11) is 0. The molecule has 1 aliphatic rings. The van der Waals surface area contributed by atoms with E-state index in [9.17, 15) is 0 Å². The van der Waals surface area contributed by atoms with E-state index in [0.29, 0.717) is 0 Å². The molecule has 3 heterocycles. The van der Waals surface area contributed by atoms with Crippen LogP contribution < -0.4 is 0 Å². The van der Waals surface area contributed by atoms with Crippen molar-refractivity contribution in [2.45, 2.75) is 5.03 Å². The highest BCUT2D eigenvalue weighted by molar-refractivity contribution is 7.99. The maximum atomic E-state index is 4.47. The summed E-state index contributed by atoms with van der Waals surface area (Å²) in [5, 5.41) is 2.40. The van der Waals surface area contributed by atoms with Gasteiger partial charge < -0.3 is 4.98 Å². The third kappa shape index (κ3) is 1.70. The molecule has 0 saturated carbocycles. The van der Waals surface area contributed by atoms with Crippen LogP contribution in [-0.4, -0.2) is 15.7 Å². The first-order chi connectivity index (χ1) is 9.43. The minimum absolute atomic E-state index is 0.985. The van der Waals surface area contributed by atoms with Crippen molar-refractivity contribution in [3.63, 3.8) is 0 Å². The van der Waals surface area contributed by atoms with Gasteiger partial charge in [-0.3, -0.25) is 0 Å². The number of hydrogen-bond acceptors (Lipinski definition) is 2. The minimum Gasteiger partial charge on any atom is -0.361 e. The summed E-state index contributed by atoms with van der Waals surface area (Å²) in [6.45, 7) is 0. The SMILES string of the molecule is C1=C(c2c[nH]c3ccccc23)c2cccnc2SC1. The van der Waals surface area contributed by atoms with Crippen LogP contribution in [0.15, 0.2) is 59.9 Å². The maximum Gasteiger partial charge on any atom is 0.104 e. The summed E-state index contributed by atoms with van der Waals surface area (Å²) < 4.78 is 0. The molecule has 1 N–H and O–H groups in total. The fraction of sp³-hybridized carbons (Fsp3) is 0.0625. The highest BCUT2D eigenvalue weighted by atomic mass is 32.2. The number of aromatic amines is 1. The van der Waals surface area contributed by atoms with Gasteiger partial charge in [-0.25, -0.2) is 4.98 Å². The second-order valence-corrected chi connectivity index (χ2v) is 5.54. The number of hydrogen-bond donors (Lipinski definition) is 1. The van der Waals surface area contributed by atoms with E-state index < -0.39 is 0 Å². The van der Waals surface area contributed by atoms with E-state index in [2.05, 4.69) is 52.6 Å². The van der Waals surface area contributed by atoms with Crippen molar-refractivity contribution in [1.82, 2.24) is 9.97 Å². The van der Waals surface area contributed by atoms with Gasteiger partial charge >= 0.3 is 0 Å².